The number of carbonyl (C=O) groups excluding carboxylic acids is 1. The number of benzene rings is 1. The highest BCUT2D eigenvalue weighted by Crippen LogP contribution is 2.29. The third-order valence-corrected chi connectivity index (χ3v) is 6.22. The van der Waals surface area contributed by atoms with Crippen LogP contribution in [0.4, 0.5) is 0 Å². The van der Waals surface area contributed by atoms with Crippen molar-refractivity contribution in [1.29, 1.82) is 0 Å². The van der Waals surface area contributed by atoms with Crippen molar-refractivity contribution in [2.75, 3.05) is 18.6 Å². The zero-order valence-electron chi connectivity index (χ0n) is 13.7. The van der Waals surface area contributed by atoms with Crippen LogP contribution in [0, 0.1) is 12.8 Å². The lowest BCUT2D eigenvalue weighted by atomic mass is 9.86. The molecule has 122 valence electrons. The van der Waals surface area contributed by atoms with Gasteiger partial charge in [-0.25, -0.2) is 8.42 Å². The molecule has 0 N–H and O–H groups in total. The van der Waals surface area contributed by atoms with Gasteiger partial charge in [-0.1, -0.05) is 43.7 Å². The Balaban J connectivity index is 2.21. The van der Waals surface area contributed by atoms with Gasteiger partial charge in [0.15, 0.2) is 9.84 Å². The van der Waals surface area contributed by atoms with E-state index in [-0.39, 0.29) is 35.3 Å². The number of likely N-dealkylation sites (N-methyl/N-ethyl adjacent to an activating group) is 1. The highest BCUT2D eigenvalue weighted by Gasteiger charge is 2.36. The molecule has 1 fully saturated rings. The van der Waals surface area contributed by atoms with E-state index in [0.717, 1.165) is 11.1 Å². The first kappa shape index (κ1) is 17.0. The Morgan fingerprint density at radius 1 is 1.23 bits per heavy atom. The number of carbonyl (C=O) groups is 1. The van der Waals surface area contributed by atoms with Gasteiger partial charge in [-0.3, -0.25) is 4.79 Å². The number of sulfone groups is 1. The third-order valence-electron chi connectivity index (χ3n) is 4.47. The first-order valence-electron chi connectivity index (χ1n) is 7.75. The molecule has 1 aromatic rings. The Labute approximate surface area is 133 Å². The van der Waals surface area contributed by atoms with E-state index in [1.54, 1.807) is 11.9 Å². The van der Waals surface area contributed by atoms with Crippen molar-refractivity contribution in [3.8, 4) is 0 Å². The van der Waals surface area contributed by atoms with Crippen LogP contribution < -0.4 is 0 Å². The molecule has 0 radical (unpaired) electrons. The highest BCUT2D eigenvalue weighted by atomic mass is 32.2. The summed E-state index contributed by atoms with van der Waals surface area (Å²) < 4.78 is 23.3. The molecule has 1 amide bonds. The molecule has 1 aromatic carbocycles. The predicted molar refractivity (Wildman–Crippen MR) is 88.6 cm³/mol. The average molecular weight is 323 g/mol. The van der Waals surface area contributed by atoms with Gasteiger partial charge in [-0.05, 0) is 24.8 Å². The smallest absolute Gasteiger partial charge is 0.230 e. The molecule has 0 saturated carbocycles. The number of hydrogen-bond donors (Lipinski definition) is 0. The van der Waals surface area contributed by atoms with Crippen molar-refractivity contribution in [2.45, 2.75) is 39.2 Å². The average Bonchev–Trinajstić information content (AvgIpc) is 2.80. The van der Waals surface area contributed by atoms with Gasteiger partial charge in [-0.15, -0.1) is 0 Å². The van der Waals surface area contributed by atoms with Gasteiger partial charge in [0.25, 0.3) is 0 Å². The molecule has 22 heavy (non-hydrogen) atoms. The fourth-order valence-electron chi connectivity index (χ4n) is 3.07. The largest absolute Gasteiger partial charge is 0.341 e. The van der Waals surface area contributed by atoms with Crippen LogP contribution in [0.5, 0.6) is 0 Å². The van der Waals surface area contributed by atoms with Gasteiger partial charge >= 0.3 is 0 Å². The Hall–Kier alpha value is -1.36. The molecule has 2 atom stereocenters. The molecule has 2 unspecified atom stereocenters. The van der Waals surface area contributed by atoms with Crippen molar-refractivity contribution >= 4 is 15.7 Å². The van der Waals surface area contributed by atoms with E-state index in [1.807, 2.05) is 45.0 Å². The summed E-state index contributed by atoms with van der Waals surface area (Å²) in [4.78, 5) is 14.5. The van der Waals surface area contributed by atoms with E-state index in [9.17, 15) is 13.2 Å². The molecule has 2 rings (SSSR count). The van der Waals surface area contributed by atoms with E-state index < -0.39 is 9.84 Å². The second kappa shape index (κ2) is 6.41. The number of aryl methyl sites for hydroxylation is 1. The fraction of sp³-hybridized carbons (Fsp3) is 0.588. The van der Waals surface area contributed by atoms with Crippen LogP contribution in [0.25, 0.3) is 0 Å². The van der Waals surface area contributed by atoms with Gasteiger partial charge < -0.3 is 4.90 Å². The molecule has 0 spiro atoms. The van der Waals surface area contributed by atoms with E-state index >= 15 is 0 Å². The van der Waals surface area contributed by atoms with Gasteiger partial charge in [0.05, 0.1) is 17.4 Å². The number of nitrogens with zero attached hydrogens (tertiary/aromatic N) is 1. The monoisotopic (exact) mass is 323 g/mol. The summed E-state index contributed by atoms with van der Waals surface area (Å²) in [6, 6.07) is 7.83. The molecule has 1 heterocycles. The Morgan fingerprint density at radius 3 is 2.27 bits per heavy atom. The second-order valence-electron chi connectivity index (χ2n) is 6.64. The van der Waals surface area contributed by atoms with Crippen LogP contribution >= 0.6 is 0 Å². The van der Waals surface area contributed by atoms with Gasteiger partial charge in [0, 0.05) is 13.1 Å². The lowest BCUT2D eigenvalue weighted by Gasteiger charge is -2.30. The summed E-state index contributed by atoms with van der Waals surface area (Å²) in [5.74, 6) is 0.227. The zero-order chi connectivity index (χ0) is 16.5. The molecule has 0 bridgehead atoms. The predicted octanol–water partition coefficient (Wildman–Crippen LogP) is 2.38. The molecule has 5 heteroatoms. The summed E-state index contributed by atoms with van der Waals surface area (Å²) in [5, 5.41) is 0. The fourth-order valence-corrected chi connectivity index (χ4v) is 4.84. The van der Waals surface area contributed by atoms with Crippen LogP contribution in [0.2, 0.25) is 0 Å². The standard InChI is InChI=1S/C17H25NO3S/c1-12(2)16(14-7-5-13(3)6-8-14)17(19)18(4)15-9-10-22(20,21)11-15/h5-8,12,15-16H,9-11H2,1-4H3. The molecule has 4 nitrogen and oxygen atoms in total. The number of amides is 1. The molecule has 1 saturated heterocycles. The maximum absolute atomic E-state index is 12.9. The van der Waals surface area contributed by atoms with Crippen LogP contribution in [0.3, 0.4) is 0 Å². The Morgan fingerprint density at radius 2 is 1.82 bits per heavy atom. The Bertz CT molecular complexity index is 634. The summed E-state index contributed by atoms with van der Waals surface area (Å²) in [6.07, 6.45) is 0.545. The molecular weight excluding hydrogens is 298 g/mol. The summed E-state index contributed by atoms with van der Waals surface area (Å²) >= 11 is 0. The van der Waals surface area contributed by atoms with Crippen molar-refractivity contribution < 1.29 is 13.2 Å². The molecular formula is C17H25NO3S. The zero-order valence-corrected chi connectivity index (χ0v) is 14.6. The minimum absolute atomic E-state index is 0.0148. The van der Waals surface area contributed by atoms with Gasteiger partial charge in [0.1, 0.15) is 0 Å². The second-order valence-corrected chi connectivity index (χ2v) is 8.87. The van der Waals surface area contributed by atoms with E-state index in [1.165, 1.54) is 0 Å². The molecule has 0 aromatic heterocycles. The van der Waals surface area contributed by atoms with E-state index in [0.29, 0.717) is 6.42 Å². The maximum atomic E-state index is 12.9. The molecule has 1 aliphatic heterocycles. The SMILES string of the molecule is Cc1ccc(C(C(=O)N(C)C2CCS(=O)(=O)C2)C(C)C)cc1. The van der Waals surface area contributed by atoms with Crippen LogP contribution in [0.1, 0.15) is 37.3 Å². The van der Waals surface area contributed by atoms with E-state index in [4.69, 9.17) is 0 Å². The minimum Gasteiger partial charge on any atom is -0.341 e. The van der Waals surface area contributed by atoms with Crippen molar-refractivity contribution in [3.63, 3.8) is 0 Å². The van der Waals surface area contributed by atoms with Crippen molar-refractivity contribution in [2.24, 2.45) is 5.92 Å². The summed E-state index contributed by atoms with van der Waals surface area (Å²) in [7, 11) is -1.25. The highest BCUT2D eigenvalue weighted by molar-refractivity contribution is 7.91. The third kappa shape index (κ3) is 3.69. The van der Waals surface area contributed by atoms with Crippen LogP contribution in [0.15, 0.2) is 24.3 Å². The van der Waals surface area contributed by atoms with Gasteiger partial charge in [0.2, 0.25) is 5.91 Å². The quantitative estimate of drug-likeness (QED) is 0.855. The minimum atomic E-state index is -2.98. The van der Waals surface area contributed by atoms with Crippen molar-refractivity contribution in [1.82, 2.24) is 4.90 Å². The van der Waals surface area contributed by atoms with Gasteiger partial charge in [-0.2, -0.15) is 0 Å². The lowest BCUT2D eigenvalue weighted by molar-refractivity contribution is -0.134. The van der Waals surface area contributed by atoms with Crippen LogP contribution in [-0.4, -0.2) is 43.8 Å². The summed E-state index contributed by atoms with van der Waals surface area (Å²) in [6.45, 7) is 6.08. The van der Waals surface area contributed by atoms with Crippen LogP contribution in [-0.2, 0) is 14.6 Å². The Kier molecular flexibility index (Phi) is 4.95. The van der Waals surface area contributed by atoms with Crippen molar-refractivity contribution in [3.05, 3.63) is 35.4 Å². The maximum Gasteiger partial charge on any atom is 0.230 e. The summed E-state index contributed by atoms with van der Waals surface area (Å²) in [5.41, 5.74) is 2.16. The lowest BCUT2D eigenvalue weighted by Crippen LogP contribution is -2.41. The molecule has 0 aliphatic carbocycles. The first-order valence-corrected chi connectivity index (χ1v) is 9.57. The normalized spacial score (nSPS) is 21.8. The van der Waals surface area contributed by atoms with E-state index in [2.05, 4.69) is 0 Å². The first-order chi connectivity index (χ1) is 10.2. The number of hydrogen-bond acceptors (Lipinski definition) is 3. The number of rotatable bonds is 4. The molecule has 1 aliphatic rings. The topological polar surface area (TPSA) is 54.5 Å².